The summed E-state index contributed by atoms with van der Waals surface area (Å²) in [5.74, 6) is 0. The molecule has 0 aliphatic carbocycles. The van der Waals surface area contributed by atoms with Crippen molar-refractivity contribution >= 4 is 22.7 Å². The molecular formula is C11H14N4OS. The maximum absolute atomic E-state index is 12.1. The zero-order valence-corrected chi connectivity index (χ0v) is 10.4. The summed E-state index contributed by atoms with van der Waals surface area (Å²) < 4.78 is 3.26. The molecule has 0 aliphatic heterocycles. The predicted octanol–water partition coefficient (Wildman–Crippen LogP) is 0.871. The lowest BCUT2D eigenvalue weighted by Gasteiger charge is -2.05. The van der Waals surface area contributed by atoms with Crippen LogP contribution >= 0.6 is 12.2 Å². The molecular weight excluding hydrogens is 236 g/mol. The third kappa shape index (κ3) is 2.52. The Kier molecular flexibility index (Phi) is 3.23. The van der Waals surface area contributed by atoms with Gasteiger partial charge in [0.15, 0.2) is 0 Å². The molecule has 5 nitrogen and oxygen atoms in total. The number of rotatable bonds is 4. The smallest absolute Gasteiger partial charge is 0.276 e. The summed E-state index contributed by atoms with van der Waals surface area (Å²) in [5, 5.41) is 4.19. The van der Waals surface area contributed by atoms with Crippen molar-refractivity contribution in [1.29, 1.82) is 0 Å². The van der Waals surface area contributed by atoms with Crippen LogP contribution in [0.3, 0.4) is 0 Å². The van der Waals surface area contributed by atoms with E-state index in [1.165, 1.54) is 0 Å². The van der Waals surface area contributed by atoms with E-state index in [9.17, 15) is 4.79 Å². The quantitative estimate of drug-likeness (QED) is 0.818. The van der Waals surface area contributed by atoms with Gasteiger partial charge in [0.2, 0.25) is 0 Å². The van der Waals surface area contributed by atoms with Gasteiger partial charge in [0.05, 0.1) is 10.7 Å². The SMILES string of the molecule is Cc1cc2c(=O)n(CCCC(N)=S)ccn2n1. The molecule has 0 saturated heterocycles. The average molecular weight is 250 g/mol. The molecule has 17 heavy (non-hydrogen) atoms. The Hall–Kier alpha value is -1.69. The van der Waals surface area contributed by atoms with Crippen LogP contribution in [-0.2, 0) is 6.54 Å². The number of hydrogen-bond donors (Lipinski definition) is 1. The van der Waals surface area contributed by atoms with Crippen molar-refractivity contribution in [2.24, 2.45) is 5.73 Å². The van der Waals surface area contributed by atoms with Crippen LogP contribution in [0, 0.1) is 6.92 Å². The number of hydrogen-bond acceptors (Lipinski definition) is 3. The minimum absolute atomic E-state index is 0.0314. The van der Waals surface area contributed by atoms with E-state index in [0.29, 0.717) is 23.5 Å². The van der Waals surface area contributed by atoms with Crippen LogP contribution in [-0.4, -0.2) is 19.2 Å². The van der Waals surface area contributed by atoms with Gasteiger partial charge in [-0.3, -0.25) is 4.79 Å². The Labute approximate surface area is 104 Å². The number of aryl methyl sites for hydroxylation is 2. The van der Waals surface area contributed by atoms with E-state index in [1.54, 1.807) is 27.5 Å². The van der Waals surface area contributed by atoms with Crippen LogP contribution < -0.4 is 11.3 Å². The standard InChI is InChI=1S/C11H14N4OS/c1-8-7-9-11(16)14(4-2-3-10(12)17)5-6-15(9)13-8/h5-7H,2-4H2,1H3,(H2,12,17). The normalized spacial score (nSPS) is 10.9. The molecule has 0 atom stereocenters. The van der Waals surface area contributed by atoms with Gasteiger partial charge in [-0.15, -0.1) is 0 Å². The van der Waals surface area contributed by atoms with Gasteiger partial charge >= 0.3 is 0 Å². The molecule has 0 unspecified atom stereocenters. The molecule has 2 N–H and O–H groups in total. The van der Waals surface area contributed by atoms with Crippen molar-refractivity contribution in [3.63, 3.8) is 0 Å². The predicted molar refractivity (Wildman–Crippen MR) is 70.2 cm³/mol. The molecule has 6 heteroatoms. The Morgan fingerprint density at radius 1 is 1.53 bits per heavy atom. The lowest BCUT2D eigenvalue weighted by Crippen LogP contribution is -2.22. The molecule has 0 saturated carbocycles. The van der Waals surface area contributed by atoms with Crippen molar-refractivity contribution in [3.05, 3.63) is 34.5 Å². The maximum Gasteiger partial charge on any atom is 0.276 e. The monoisotopic (exact) mass is 250 g/mol. The molecule has 0 radical (unpaired) electrons. The fourth-order valence-corrected chi connectivity index (χ4v) is 1.89. The summed E-state index contributed by atoms with van der Waals surface area (Å²) in [6.45, 7) is 2.49. The first-order valence-electron chi connectivity index (χ1n) is 5.41. The second-order valence-corrected chi connectivity index (χ2v) is 4.51. The Bertz CT molecular complexity index is 613. The summed E-state index contributed by atoms with van der Waals surface area (Å²) in [4.78, 5) is 12.5. The third-order valence-electron chi connectivity index (χ3n) is 2.55. The highest BCUT2D eigenvalue weighted by atomic mass is 32.1. The van der Waals surface area contributed by atoms with Crippen LogP contribution in [0.1, 0.15) is 18.5 Å². The van der Waals surface area contributed by atoms with Gasteiger partial charge in [0, 0.05) is 18.9 Å². The van der Waals surface area contributed by atoms with E-state index >= 15 is 0 Å². The molecule has 90 valence electrons. The molecule has 0 aliphatic rings. The maximum atomic E-state index is 12.1. The van der Waals surface area contributed by atoms with Gasteiger partial charge in [-0.05, 0) is 25.8 Å². The summed E-state index contributed by atoms with van der Waals surface area (Å²) in [6, 6.07) is 1.78. The fourth-order valence-electron chi connectivity index (χ4n) is 1.75. The molecule has 0 bridgehead atoms. The second kappa shape index (κ2) is 4.67. The van der Waals surface area contributed by atoms with E-state index in [-0.39, 0.29) is 5.56 Å². The first-order chi connectivity index (χ1) is 8.08. The van der Waals surface area contributed by atoms with Gasteiger partial charge in [-0.1, -0.05) is 12.2 Å². The zero-order chi connectivity index (χ0) is 12.4. The average Bonchev–Trinajstić information content (AvgIpc) is 2.63. The highest BCUT2D eigenvalue weighted by Crippen LogP contribution is 2.01. The van der Waals surface area contributed by atoms with Crippen molar-refractivity contribution in [2.75, 3.05) is 0 Å². The van der Waals surface area contributed by atoms with E-state index in [2.05, 4.69) is 5.10 Å². The number of nitrogens with two attached hydrogens (primary N) is 1. The second-order valence-electron chi connectivity index (χ2n) is 3.98. The highest BCUT2D eigenvalue weighted by Gasteiger charge is 2.04. The zero-order valence-electron chi connectivity index (χ0n) is 9.59. The molecule has 2 rings (SSSR count). The van der Waals surface area contributed by atoms with E-state index < -0.39 is 0 Å². The Morgan fingerprint density at radius 2 is 2.29 bits per heavy atom. The fraction of sp³-hybridized carbons (Fsp3) is 0.364. The lowest BCUT2D eigenvalue weighted by atomic mass is 10.3. The van der Waals surface area contributed by atoms with Gasteiger partial charge in [0.25, 0.3) is 5.56 Å². The van der Waals surface area contributed by atoms with Gasteiger partial charge in [0.1, 0.15) is 5.52 Å². The first-order valence-corrected chi connectivity index (χ1v) is 5.82. The van der Waals surface area contributed by atoms with Crippen molar-refractivity contribution in [3.8, 4) is 0 Å². The van der Waals surface area contributed by atoms with Crippen molar-refractivity contribution < 1.29 is 0 Å². The number of fused-ring (bicyclic) bond motifs is 1. The minimum Gasteiger partial charge on any atom is -0.393 e. The summed E-state index contributed by atoms with van der Waals surface area (Å²) in [7, 11) is 0. The largest absolute Gasteiger partial charge is 0.393 e. The summed E-state index contributed by atoms with van der Waals surface area (Å²) in [5.41, 5.74) is 6.82. The Balaban J connectivity index is 2.26. The van der Waals surface area contributed by atoms with E-state index in [4.69, 9.17) is 18.0 Å². The molecule has 0 aromatic carbocycles. The Morgan fingerprint density at radius 3 is 3.00 bits per heavy atom. The summed E-state index contributed by atoms with van der Waals surface area (Å²) >= 11 is 4.80. The number of aromatic nitrogens is 3. The molecule has 2 aromatic heterocycles. The molecule has 2 aromatic rings. The van der Waals surface area contributed by atoms with Crippen LogP contribution in [0.5, 0.6) is 0 Å². The van der Waals surface area contributed by atoms with Crippen molar-refractivity contribution in [1.82, 2.24) is 14.2 Å². The summed E-state index contributed by atoms with van der Waals surface area (Å²) in [6.07, 6.45) is 4.95. The van der Waals surface area contributed by atoms with Gasteiger partial charge in [-0.2, -0.15) is 5.10 Å². The topological polar surface area (TPSA) is 65.3 Å². The molecule has 2 heterocycles. The third-order valence-corrected chi connectivity index (χ3v) is 2.75. The highest BCUT2D eigenvalue weighted by molar-refractivity contribution is 7.80. The van der Waals surface area contributed by atoms with Gasteiger partial charge < -0.3 is 10.3 Å². The molecule has 0 fully saturated rings. The van der Waals surface area contributed by atoms with Crippen molar-refractivity contribution in [2.45, 2.75) is 26.3 Å². The van der Waals surface area contributed by atoms with E-state index in [1.807, 2.05) is 6.92 Å². The molecule has 0 spiro atoms. The van der Waals surface area contributed by atoms with Crippen LogP contribution in [0.4, 0.5) is 0 Å². The molecule has 0 amide bonds. The minimum atomic E-state index is -0.0314. The lowest BCUT2D eigenvalue weighted by molar-refractivity contribution is 0.632. The first kappa shape index (κ1) is 11.8. The van der Waals surface area contributed by atoms with Crippen LogP contribution in [0.2, 0.25) is 0 Å². The number of nitrogens with zero attached hydrogens (tertiary/aromatic N) is 3. The van der Waals surface area contributed by atoms with Crippen LogP contribution in [0.25, 0.3) is 5.52 Å². The van der Waals surface area contributed by atoms with E-state index in [0.717, 1.165) is 12.1 Å². The van der Waals surface area contributed by atoms with Crippen LogP contribution in [0.15, 0.2) is 23.3 Å². The number of thiocarbonyl (C=S) groups is 1. The van der Waals surface area contributed by atoms with Gasteiger partial charge in [-0.25, -0.2) is 4.52 Å².